The van der Waals surface area contributed by atoms with Gasteiger partial charge >= 0.3 is 0 Å². The van der Waals surface area contributed by atoms with E-state index in [0.717, 1.165) is 31.7 Å². The van der Waals surface area contributed by atoms with E-state index < -0.39 is 0 Å². The fraction of sp³-hybridized carbons (Fsp3) is 1.00. The number of hydrogen-bond acceptors (Lipinski definition) is 4. The maximum absolute atomic E-state index is 6.02. The fourth-order valence-corrected chi connectivity index (χ4v) is 4.92. The zero-order valence-electron chi connectivity index (χ0n) is 16.5. The van der Waals surface area contributed by atoms with Crippen molar-refractivity contribution in [1.29, 1.82) is 0 Å². The van der Waals surface area contributed by atoms with Gasteiger partial charge in [0.2, 0.25) is 0 Å². The van der Waals surface area contributed by atoms with E-state index in [1.807, 2.05) is 6.92 Å². The Hall–Kier alpha value is -0.160. The highest BCUT2D eigenvalue weighted by atomic mass is 16.7. The summed E-state index contributed by atoms with van der Waals surface area (Å²) in [6.07, 6.45) is 11.4. The summed E-state index contributed by atoms with van der Waals surface area (Å²) in [6.45, 7) is 9.96. The average molecular weight is 355 g/mol. The molecule has 3 fully saturated rings. The molecule has 2 saturated carbocycles. The smallest absolute Gasteiger partial charge is 0.147 e. The lowest BCUT2D eigenvalue weighted by Gasteiger charge is -2.46. The highest BCUT2D eigenvalue weighted by molar-refractivity contribution is 4.91. The van der Waals surface area contributed by atoms with Crippen molar-refractivity contribution in [2.75, 3.05) is 26.6 Å². The van der Waals surface area contributed by atoms with Crippen LogP contribution in [0, 0.1) is 17.3 Å². The van der Waals surface area contributed by atoms with Gasteiger partial charge in [0.05, 0.1) is 25.4 Å². The summed E-state index contributed by atoms with van der Waals surface area (Å²) in [5.41, 5.74) is 0.440. The zero-order chi connectivity index (χ0) is 17.7. The van der Waals surface area contributed by atoms with Crippen LogP contribution in [0.25, 0.3) is 0 Å². The predicted octanol–water partition coefficient (Wildman–Crippen LogP) is 4.56. The Morgan fingerprint density at radius 1 is 0.840 bits per heavy atom. The summed E-state index contributed by atoms with van der Waals surface area (Å²) in [6, 6.07) is 0. The molecule has 4 nitrogen and oxygen atoms in total. The van der Waals surface area contributed by atoms with Gasteiger partial charge in [0, 0.05) is 6.61 Å². The average Bonchev–Trinajstić information content (AvgIpc) is 3.45. The van der Waals surface area contributed by atoms with Gasteiger partial charge in [-0.1, -0.05) is 13.8 Å². The molecule has 1 atom stereocenters. The van der Waals surface area contributed by atoms with E-state index in [1.54, 1.807) is 0 Å². The van der Waals surface area contributed by atoms with Gasteiger partial charge < -0.3 is 18.9 Å². The Balaban J connectivity index is 1.38. The molecule has 0 N–H and O–H groups in total. The minimum atomic E-state index is 0.397. The number of hydrogen-bond donors (Lipinski definition) is 0. The molecule has 1 heterocycles. The molecule has 2 aliphatic carbocycles. The van der Waals surface area contributed by atoms with Crippen LogP contribution in [-0.2, 0) is 18.9 Å². The molecule has 3 aliphatic rings. The van der Waals surface area contributed by atoms with Gasteiger partial charge in [0.15, 0.2) is 0 Å². The maximum Gasteiger partial charge on any atom is 0.147 e. The molecule has 0 aromatic heterocycles. The monoisotopic (exact) mass is 354 g/mol. The van der Waals surface area contributed by atoms with Crippen molar-refractivity contribution in [2.24, 2.45) is 17.3 Å². The molecular weight excluding hydrogens is 316 g/mol. The van der Waals surface area contributed by atoms with Gasteiger partial charge in [0.25, 0.3) is 0 Å². The second-order valence-corrected chi connectivity index (χ2v) is 8.83. The summed E-state index contributed by atoms with van der Waals surface area (Å²) in [5, 5.41) is 0. The van der Waals surface area contributed by atoms with E-state index in [2.05, 4.69) is 13.8 Å². The first kappa shape index (κ1) is 19.6. The Morgan fingerprint density at radius 3 is 1.84 bits per heavy atom. The minimum absolute atomic E-state index is 0.397. The van der Waals surface area contributed by atoms with E-state index in [9.17, 15) is 0 Å². The van der Waals surface area contributed by atoms with E-state index in [4.69, 9.17) is 18.9 Å². The number of rotatable bonds is 9. The molecule has 146 valence electrons. The van der Waals surface area contributed by atoms with Crippen molar-refractivity contribution < 1.29 is 18.9 Å². The van der Waals surface area contributed by atoms with Gasteiger partial charge in [0.1, 0.15) is 12.9 Å². The van der Waals surface area contributed by atoms with Gasteiger partial charge in [-0.15, -0.1) is 0 Å². The molecule has 1 saturated heterocycles. The molecular formula is C21H38O4. The quantitative estimate of drug-likeness (QED) is 0.346. The van der Waals surface area contributed by atoms with Crippen LogP contribution < -0.4 is 0 Å². The van der Waals surface area contributed by atoms with Crippen molar-refractivity contribution in [3.05, 3.63) is 0 Å². The first-order chi connectivity index (χ1) is 12.1. The van der Waals surface area contributed by atoms with Crippen LogP contribution >= 0.6 is 0 Å². The van der Waals surface area contributed by atoms with E-state index in [-0.39, 0.29) is 0 Å². The highest BCUT2D eigenvalue weighted by Crippen LogP contribution is 2.48. The third-order valence-corrected chi connectivity index (χ3v) is 6.96. The Morgan fingerprint density at radius 2 is 1.36 bits per heavy atom. The summed E-state index contributed by atoms with van der Waals surface area (Å²) in [7, 11) is 0. The molecule has 0 amide bonds. The minimum Gasteiger partial charge on any atom is -0.375 e. The summed E-state index contributed by atoms with van der Waals surface area (Å²) in [4.78, 5) is 0. The first-order valence-corrected chi connectivity index (χ1v) is 10.5. The third-order valence-electron chi connectivity index (χ3n) is 6.96. The normalized spacial score (nSPS) is 36.4. The van der Waals surface area contributed by atoms with Crippen LogP contribution in [-0.4, -0.2) is 44.9 Å². The highest BCUT2D eigenvalue weighted by Gasteiger charge is 2.41. The Bertz CT molecular complexity index is 377. The van der Waals surface area contributed by atoms with Crippen molar-refractivity contribution >= 4 is 0 Å². The van der Waals surface area contributed by atoms with Gasteiger partial charge in [-0.05, 0) is 75.5 Å². The molecule has 0 bridgehead atoms. The Kier molecular flexibility index (Phi) is 7.18. The molecule has 1 aliphatic heterocycles. The lowest BCUT2D eigenvalue weighted by Crippen LogP contribution is -2.39. The second kappa shape index (κ2) is 9.16. The van der Waals surface area contributed by atoms with E-state index >= 15 is 0 Å². The molecule has 1 unspecified atom stereocenters. The summed E-state index contributed by atoms with van der Waals surface area (Å²) < 4.78 is 22.4. The molecule has 4 heteroatoms. The van der Waals surface area contributed by atoms with Crippen molar-refractivity contribution in [3.63, 3.8) is 0 Å². The molecule has 3 rings (SSSR count). The fourth-order valence-electron chi connectivity index (χ4n) is 4.92. The SMILES string of the molecule is CCOCOC1CCC(C(C)(C)C2CCC(OCC3CO3)CC2)CC1. The number of ether oxygens (including phenoxy) is 4. The van der Waals surface area contributed by atoms with Crippen LogP contribution in [0.4, 0.5) is 0 Å². The predicted molar refractivity (Wildman–Crippen MR) is 98.5 cm³/mol. The largest absolute Gasteiger partial charge is 0.375 e. The van der Waals surface area contributed by atoms with Gasteiger partial charge in [-0.25, -0.2) is 0 Å². The number of epoxide rings is 1. The third kappa shape index (κ3) is 5.66. The molecule has 0 radical (unpaired) electrons. The van der Waals surface area contributed by atoms with Crippen LogP contribution in [0.3, 0.4) is 0 Å². The van der Waals surface area contributed by atoms with E-state index in [1.165, 1.54) is 51.4 Å². The standard InChI is InChI=1S/C21H38O4/c1-4-22-15-25-19-11-7-17(8-12-19)21(2,3)16-5-9-18(10-6-16)23-13-20-14-24-20/h16-20H,4-15H2,1-3H3. The topological polar surface area (TPSA) is 40.2 Å². The van der Waals surface area contributed by atoms with Gasteiger partial charge in [-0.3, -0.25) is 0 Å². The van der Waals surface area contributed by atoms with Crippen LogP contribution in [0.5, 0.6) is 0 Å². The first-order valence-electron chi connectivity index (χ1n) is 10.5. The van der Waals surface area contributed by atoms with Crippen molar-refractivity contribution in [3.8, 4) is 0 Å². The molecule has 0 aromatic carbocycles. The van der Waals surface area contributed by atoms with Crippen molar-refractivity contribution in [1.82, 2.24) is 0 Å². The molecule has 0 spiro atoms. The zero-order valence-corrected chi connectivity index (χ0v) is 16.5. The Labute approximate surface area is 153 Å². The molecule has 25 heavy (non-hydrogen) atoms. The summed E-state index contributed by atoms with van der Waals surface area (Å²) >= 11 is 0. The second-order valence-electron chi connectivity index (χ2n) is 8.83. The lowest BCUT2D eigenvalue weighted by molar-refractivity contribution is -0.106. The summed E-state index contributed by atoms with van der Waals surface area (Å²) in [5.74, 6) is 1.68. The van der Waals surface area contributed by atoms with E-state index in [0.29, 0.717) is 30.5 Å². The van der Waals surface area contributed by atoms with Crippen LogP contribution in [0.2, 0.25) is 0 Å². The van der Waals surface area contributed by atoms with Crippen molar-refractivity contribution in [2.45, 2.75) is 90.4 Å². The van der Waals surface area contributed by atoms with Gasteiger partial charge in [-0.2, -0.15) is 0 Å². The van der Waals surface area contributed by atoms with Crippen LogP contribution in [0.15, 0.2) is 0 Å². The maximum atomic E-state index is 6.02. The molecule has 0 aromatic rings. The lowest BCUT2D eigenvalue weighted by atomic mass is 9.60. The van der Waals surface area contributed by atoms with Crippen LogP contribution in [0.1, 0.15) is 72.1 Å².